The summed E-state index contributed by atoms with van der Waals surface area (Å²) in [4.78, 5) is 14.4. The molecule has 94 valence electrons. The summed E-state index contributed by atoms with van der Waals surface area (Å²) >= 11 is 0. The Hall–Kier alpha value is -1.69. The molecule has 1 rings (SSSR count). The molecule has 17 heavy (non-hydrogen) atoms. The van der Waals surface area contributed by atoms with Crippen molar-refractivity contribution in [1.82, 2.24) is 4.98 Å². The van der Waals surface area contributed by atoms with E-state index in [2.05, 4.69) is 10.3 Å². The minimum Gasteiger partial charge on any atom is -0.478 e. The largest absolute Gasteiger partial charge is 0.478 e. The number of hydrogen-bond donors (Lipinski definition) is 2. The molecule has 0 atom stereocenters. The Morgan fingerprint density at radius 2 is 2.35 bits per heavy atom. The van der Waals surface area contributed by atoms with Crippen LogP contribution in [0.15, 0.2) is 12.3 Å². The fourth-order valence-electron chi connectivity index (χ4n) is 1.20. The van der Waals surface area contributed by atoms with Gasteiger partial charge in [-0.2, -0.15) is 0 Å². The van der Waals surface area contributed by atoms with Crippen molar-refractivity contribution in [3.63, 3.8) is 0 Å². The second-order valence-corrected chi connectivity index (χ2v) is 3.67. The minimum absolute atomic E-state index is 0.0720. The van der Waals surface area contributed by atoms with Crippen LogP contribution in [-0.2, 0) is 4.74 Å². The second kappa shape index (κ2) is 6.15. The van der Waals surface area contributed by atoms with Crippen molar-refractivity contribution in [3.8, 4) is 0 Å². The third-order valence-electron chi connectivity index (χ3n) is 1.97. The van der Waals surface area contributed by atoms with Gasteiger partial charge in [0, 0.05) is 12.7 Å². The van der Waals surface area contributed by atoms with Crippen LogP contribution in [-0.4, -0.2) is 35.3 Å². The van der Waals surface area contributed by atoms with Crippen molar-refractivity contribution < 1.29 is 19.0 Å². The normalized spacial score (nSPS) is 10.6. The van der Waals surface area contributed by atoms with Gasteiger partial charge in [-0.3, -0.25) is 0 Å². The van der Waals surface area contributed by atoms with Crippen molar-refractivity contribution in [3.05, 3.63) is 23.6 Å². The van der Waals surface area contributed by atoms with Gasteiger partial charge in [-0.15, -0.1) is 0 Å². The molecule has 1 heterocycles. The Morgan fingerprint density at radius 3 is 2.94 bits per heavy atom. The van der Waals surface area contributed by atoms with Crippen molar-refractivity contribution in [1.29, 1.82) is 0 Å². The molecular weight excluding hydrogens is 227 g/mol. The van der Waals surface area contributed by atoms with Crippen LogP contribution in [0.4, 0.5) is 10.2 Å². The molecule has 0 aliphatic heterocycles. The van der Waals surface area contributed by atoms with E-state index >= 15 is 0 Å². The molecule has 0 unspecified atom stereocenters. The number of carbonyl (C=O) groups is 1. The lowest BCUT2D eigenvalue weighted by atomic mass is 10.2. The predicted octanol–water partition coefficient (Wildman–Crippen LogP) is 1.76. The third kappa shape index (κ3) is 3.99. The molecular formula is C11H15FN2O3. The molecule has 1 aromatic heterocycles. The highest BCUT2D eigenvalue weighted by Gasteiger charge is 2.14. The zero-order valence-corrected chi connectivity index (χ0v) is 9.74. The highest BCUT2D eigenvalue weighted by Crippen LogP contribution is 2.14. The van der Waals surface area contributed by atoms with E-state index in [-0.39, 0.29) is 11.9 Å². The number of aromatic carboxylic acids is 1. The van der Waals surface area contributed by atoms with Crippen LogP contribution in [0.25, 0.3) is 0 Å². The van der Waals surface area contributed by atoms with Gasteiger partial charge in [0.15, 0.2) is 11.6 Å². The molecule has 0 saturated heterocycles. The number of rotatable bonds is 6. The average Bonchev–Trinajstić information content (AvgIpc) is 2.25. The summed E-state index contributed by atoms with van der Waals surface area (Å²) in [7, 11) is 0. The molecule has 0 bridgehead atoms. The van der Waals surface area contributed by atoms with Crippen LogP contribution in [0.1, 0.15) is 24.2 Å². The topological polar surface area (TPSA) is 71.5 Å². The Morgan fingerprint density at radius 1 is 1.65 bits per heavy atom. The molecule has 0 fully saturated rings. The number of ether oxygens (including phenoxy) is 1. The molecule has 6 heteroatoms. The summed E-state index contributed by atoms with van der Waals surface area (Å²) in [5.41, 5.74) is -0.396. The summed E-state index contributed by atoms with van der Waals surface area (Å²) < 4.78 is 18.8. The van der Waals surface area contributed by atoms with E-state index in [9.17, 15) is 9.18 Å². The summed E-state index contributed by atoms with van der Waals surface area (Å²) in [6.07, 6.45) is 1.35. The number of anilines is 1. The Kier molecular flexibility index (Phi) is 4.84. The number of nitrogens with one attached hydrogen (secondary N) is 1. The highest BCUT2D eigenvalue weighted by molar-refractivity contribution is 5.88. The maximum Gasteiger partial charge on any atom is 0.338 e. The Labute approximate surface area is 98.6 Å². The van der Waals surface area contributed by atoms with E-state index in [1.807, 2.05) is 13.8 Å². The number of carboxylic acids is 1. The van der Waals surface area contributed by atoms with E-state index in [4.69, 9.17) is 9.84 Å². The Bertz CT molecular complexity index is 396. The van der Waals surface area contributed by atoms with Crippen LogP contribution in [0, 0.1) is 5.82 Å². The van der Waals surface area contributed by atoms with Gasteiger partial charge in [-0.1, -0.05) is 0 Å². The van der Waals surface area contributed by atoms with Crippen LogP contribution >= 0.6 is 0 Å². The zero-order chi connectivity index (χ0) is 12.8. The molecule has 0 amide bonds. The Balaban J connectivity index is 2.59. The molecule has 0 aromatic carbocycles. The molecule has 0 saturated carbocycles. The number of nitrogens with zero attached hydrogens (tertiary/aromatic N) is 1. The highest BCUT2D eigenvalue weighted by atomic mass is 19.1. The van der Waals surface area contributed by atoms with Crippen molar-refractivity contribution >= 4 is 11.8 Å². The van der Waals surface area contributed by atoms with E-state index in [1.54, 1.807) is 0 Å². The molecule has 0 aliphatic rings. The first-order chi connectivity index (χ1) is 8.02. The van der Waals surface area contributed by atoms with Crippen molar-refractivity contribution in [2.45, 2.75) is 20.0 Å². The maximum atomic E-state index is 13.6. The van der Waals surface area contributed by atoms with Gasteiger partial charge in [-0.25, -0.2) is 14.2 Å². The first kappa shape index (κ1) is 13.4. The lowest BCUT2D eigenvalue weighted by Gasteiger charge is -2.10. The SMILES string of the molecule is CC(C)OCCNc1nccc(C(=O)O)c1F. The quantitative estimate of drug-likeness (QED) is 0.744. The van der Waals surface area contributed by atoms with Crippen LogP contribution in [0.2, 0.25) is 0 Å². The molecule has 5 nitrogen and oxygen atoms in total. The standard InChI is InChI=1S/C11H15FN2O3/c1-7(2)17-6-5-14-10-9(12)8(11(15)16)3-4-13-10/h3-4,7H,5-6H2,1-2H3,(H,13,14)(H,15,16). The summed E-state index contributed by atoms with van der Waals surface area (Å²) in [5, 5.41) is 11.4. The van der Waals surface area contributed by atoms with Crippen molar-refractivity contribution in [2.24, 2.45) is 0 Å². The molecule has 2 N–H and O–H groups in total. The van der Waals surface area contributed by atoms with E-state index in [0.717, 1.165) is 6.07 Å². The maximum absolute atomic E-state index is 13.6. The number of hydrogen-bond acceptors (Lipinski definition) is 4. The molecule has 0 radical (unpaired) electrons. The third-order valence-corrected chi connectivity index (χ3v) is 1.97. The predicted molar refractivity (Wildman–Crippen MR) is 60.7 cm³/mol. The first-order valence-corrected chi connectivity index (χ1v) is 5.25. The minimum atomic E-state index is -1.31. The van der Waals surface area contributed by atoms with Crippen LogP contribution < -0.4 is 5.32 Å². The monoisotopic (exact) mass is 242 g/mol. The zero-order valence-electron chi connectivity index (χ0n) is 9.74. The fraction of sp³-hybridized carbons (Fsp3) is 0.455. The van der Waals surface area contributed by atoms with E-state index in [0.29, 0.717) is 13.2 Å². The van der Waals surface area contributed by atoms with Gasteiger partial charge >= 0.3 is 5.97 Å². The lowest BCUT2D eigenvalue weighted by Crippen LogP contribution is -2.15. The summed E-state index contributed by atoms with van der Waals surface area (Å²) in [6.45, 7) is 4.55. The molecule has 0 aliphatic carbocycles. The number of halogens is 1. The number of carboxylic acid groups (broad SMARTS) is 1. The second-order valence-electron chi connectivity index (χ2n) is 3.67. The van der Waals surface area contributed by atoms with E-state index in [1.165, 1.54) is 6.20 Å². The fourth-order valence-corrected chi connectivity index (χ4v) is 1.20. The number of aromatic nitrogens is 1. The van der Waals surface area contributed by atoms with Crippen LogP contribution in [0.5, 0.6) is 0 Å². The first-order valence-electron chi connectivity index (χ1n) is 5.25. The van der Waals surface area contributed by atoms with Gasteiger partial charge in [0.2, 0.25) is 0 Å². The average molecular weight is 242 g/mol. The van der Waals surface area contributed by atoms with Gasteiger partial charge in [0.1, 0.15) is 5.56 Å². The van der Waals surface area contributed by atoms with Gasteiger partial charge < -0.3 is 15.2 Å². The summed E-state index contributed by atoms with van der Waals surface area (Å²) in [5.74, 6) is -2.24. The van der Waals surface area contributed by atoms with Crippen molar-refractivity contribution in [2.75, 3.05) is 18.5 Å². The van der Waals surface area contributed by atoms with E-state index < -0.39 is 17.3 Å². The molecule has 0 spiro atoms. The van der Waals surface area contributed by atoms with Gasteiger partial charge in [0.05, 0.1) is 12.7 Å². The van der Waals surface area contributed by atoms with Gasteiger partial charge in [-0.05, 0) is 19.9 Å². The number of pyridine rings is 1. The van der Waals surface area contributed by atoms with Gasteiger partial charge in [0.25, 0.3) is 0 Å². The summed E-state index contributed by atoms with van der Waals surface area (Å²) in [6, 6.07) is 1.12. The molecule has 1 aromatic rings. The lowest BCUT2D eigenvalue weighted by molar-refractivity contribution is 0.0692. The smallest absolute Gasteiger partial charge is 0.338 e. The van der Waals surface area contributed by atoms with Crippen LogP contribution in [0.3, 0.4) is 0 Å².